The summed E-state index contributed by atoms with van der Waals surface area (Å²) >= 11 is 5.43. The second kappa shape index (κ2) is 10.5. The van der Waals surface area contributed by atoms with Crippen molar-refractivity contribution in [1.82, 2.24) is 10.6 Å². The van der Waals surface area contributed by atoms with Gasteiger partial charge in [-0.15, -0.1) is 0 Å². The van der Waals surface area contributed by atoms with Gasteiger partial charge in [-0.25, -0.2) is 0 Å². The molecule has 0 aliphatic heterocycles. The summed E-state index contributed by atoms with van der Waals surface area (Å²) in [5.41, 5.74) is 3.04. The Morgan fingerprint density at radius 3 is 2.37 bits per heavy atom. The zero-order chi connectivity index (χ0) is 19.6. The van der Waals surface area contributed by atoms with Crippen molar-refractivity contribution in [3.8, 4) is 0 Å². The van der Waals surface area contributed by atoms with Crippen LogP contribution < -0.4 is 16.0 Å². The van der Waals surface area contributed by atoms with Gasteiger partial charge in [-0.2, -0.15) is 0 Å². The third kappa shape index (κ3) is 7.62. The fourth-order valence-corrected chi connectivity index (χ4v) is 2.86. The summed E-state index contributed by atoms with van der Waals surface area (Å²) in [4.78, 5) is 12.3. The van der Waals surface area contributed by atoms with Gasteiger partial charge in [0.15, 0.2) is 5.11 Å². The average molecular weight is 382 g/mol. The lowest BCUT2D eigenvalue weighted by Gasteiger charge is -2.23. The van der Waals surface area contributed by atoms with E-state index in [-0.39, 0.29) is 12.1 Å². The number of benzene rings is 2. The minimum Gasteiger partial charge on any atom is -0.342 e. The molecule has 0 spiro atoms. The van der Waals surface area contributed by atoms with Gasteiger partial charge < -0.3 is 16.0 Å². The molecule has 2 aromatic carbocycles. The lowest BCUT2D eigenvalue weighted by Crippen LogP contribution is -2.49. The highest BCUT2D eigenvalue weighted by Gasteiger charge is 2.14. The maximum absolute atomic E-state index is 12.3. The van der Waals surface area contributed by atoms with E-state index in [0.29, 0.717) is 11.0 Å². The fraction of sp³-hybridized carbons (Fsp3) is 0.273. The van der Waals surface area contributed by atoms with Gasteiger partial charge in [0.05, 0.1) is 0 Å². The number of hydrogen-bond acceptors (Lipinski definition) is 2. The first-order chi connectivity index (χ1) is 12.9. The third-order valence-corrected chi connectivity index (χ3v) is 4.17. The van der Waals surface area contributed by atoms with Crippen molar-refractivity contribution in [3.63, 3.8) is 0 Å². The molecule has 0 aromatic heterocycles. The van der Waals surface area contributed by atoms with E-state index < -0.39 is 0 Å². The maximum atomic E-state index is 12.3. The number of carbonyl (C=O) groups excluding carboxylic acids is 1. The van der Waals surface area contributed by atoms with Crippen LogP contribution in [-0.2, 0) is 4.79 Å². The van der Waals surface area contributed by atoms with Crippen LogP contribution in [0.4, 0.5) is 5.69 Å². The topological polar surface area (TPSA) is 53.2 Å². The summed E-state index contributed by atoms with van der Waals surface area (Å²) < 4.78 is 0. The molecule has 0 fully saturated rings. The van der Waals surface area contributed by atoms with Crippen LogP contribution >= 0.6 is 12.2 Å². The Morgan fingerprint density at radius 1 is 1.04 bits per heavy atom. The molecule has 142 valence electrons. The lowest BCUT2D eigenvalue weighted by atomic mass is 10.1. The summed E-state index contributed by atoms with van der Waals surface area (Å²) in [6, 6.07) is 17.7. The number of nitrogens with one attached hydrogen (secondary N) is 3. The van der Waals surface area contributed by atoms with E-state index in [0.717, 1.165) is 23.2 Å². The molecule has 0 aliphatic carbocycles. The van der Waals surface area contributed by atoms with Crippen LogP contribution in [0.5, 0.6) is 0 Å². The van der Waals surface area contributed by atoms with Gasteiger partial charge in [0.25, 0.3) is 0 Å². The zero-order valence-corrected chi connectivity index (χ0v) is 16.8. The summed E-state index contributed by atoms with van der Waals surface area (Å²) in [7, 11) is 0. The first kappa shape index (κ1) is 20.6. The van der Waals surface area contributed by atoms with Crippen molar-refractivity contribution in [2.75, 3.05) is 5.32 Å². The molecule has 0 aliphatic rings. The Labute approximate surface area is 167 Å². The molecular weight excluding hydrogens is 354 g/mol. The van der Waals surface area contributed by atoms with Crippen molar-refractivity contribution in [3.05, 3.63) is 71.8 Å². The standard InChI is InChI=1S/C22H27N3OS/c1-16(2)15-20(24-21(26)14-13-18-10-5-4-6-11-18)25-22(27)23-19-12-8-7-9-17(19)3/h4-14,16,20H,15H2,1-3H3,(H,24,26)(H2,23,25,27). The molecule has 1 unspecified atom stereocenters. The van der Waals surface area contributed by atoms with E-state index in [1.807, 2.05) is 61.5 Å². The number of thiocarbonyl (C=S) groups is 1. The fourth-order valence-electron chi connectivity index (χ4n) is 2.61. The molecule has 0 heterocycles. The van der Waals surface area contributed by atoms with Gasteiger partial charge in [-0.3, -0.25) is 4.79 Å². The lowest BCUT2D eigenvalue weighted by molar-refractivity contribution is -0.117. The van der Waals surface area contributed by atoms with E-state index in [2.05, 4.69) is 29.8 Å². The highest BCUT2D eigenvalue weighted by molar-refractivity contribution is 7.80. The average Bonchev–Trinajstić information content (AvgIpc) is 2.62. The minimum absolute atomic E-state index is 0.157. The molecule has 0 saturated heterocycles. The van der Waals surface area contributed by atoms with Crippen molar-refractivity contribution in [2.45, 2.75) is 33.4 Å². The number of aryl methyl sites for hydroxylation is 1. The quantitative estimate of drug-likeness (QED) is 0.376. The Morgan fingerprint density at radius 2 is 1.70 bits per heavy atom. The Kier molecular flexibility index (Phi) is 8.01. The largest absolute Gasteiger partial charge is 0.342 e. The van der Waals surface area contributed by atoms with Gasteiger partial charge >= 0.3 is 0 Å². The van der Waals surface area contributed by atoms with Crippen LogP contribution in [0.15, 0.2) is 60.7 Å². The molecule has 0 saturated carbocycles. The molecule has 3 N–H and O–H groups in total. The zero-order valence-electron chi connectivity index (χ0n) is 16.0. The van der Waals surface area contributed by atoms with Gasteiger partial charge in [-0.1, -0.05) is 62.4 Å². The van der Waals surface area contributed by atoms with Crippen LogP contribution in [0.1, 0.15) is 31.4 Å². The number of hydrogen-bond donors (Lipinski definition) is 3. The normalized spacial score (nSPS) is 12.0. The first-order valence-corrected chi connectivity index (χ1v) is 9.51. The summed E-state index contributed by atoms with van der Waals surface area (Å²) in [6.45, 7) is 6.24. The Balaban J connectivity index is 1.95. The SMILES string of the molecule is Cc1ccccc1NC(=S)NC(CC(C)C)NC(=O)C=Cc1ccccc1. The summed E-state index contributed by atoms with van der Waals surface area (Å²) in [5.74, 6) is 0.248. The maximum Gasteiger partial charge on any atom is 0.245 e. The van der Waals surface area contributed by atoms with Crippen LogP contribution in [0.25, 0.3) is 6.08 Å². The van der Waals surface area contributed by atoms with E-state index in [4.69, 9.17) is 12.2 Å². The second-order valence-corrected chi connectivity index (χ2v) is 7.26. The van der Waals surface area contributed by atoms with Gasteiger partial charge in [0.2, 0.25) is 5.91 Å². The first-order valence-electron chi connectivity index (χ1n) is 9.11. The van der Waals surface area contributed by atoms with Crippen LogP contribution in [0.2, 0.25) is 0 Å². The second-order valence-electron chi connectivity index (χ2n) is 6.85. The molecule has 4 nitrogen and oxygen atoms in total. The van der Waals surface area contributed by atoms with E-state index in [9.17, 15) is 4.79 Å². The third-order valence-electron chi connectivity index (χ3n) is 3.95. The number of carbonyl (C=O) groups is 1. The monoisotopic (exact) mass is 381 g/mol. The van der Waals surface area contributed by atoms with E-state index >= 15 is 0 Å². The van der Waals surface area contributed by atoms with E-state index in [1.54, 1.807) is 12.2 Å². The predicted octanol–water partition coefficient (Wildman–Crippen LogP) is 4.48. The number of para-hydroxylation sites is 1. The van der Waals surface area contributed by atoms with Crippen molar-refractivity contribution >= 4 is 35.0 Å². The van der Waals surface area contributed by atoms with Crippen LogP contribution in [0.3, 0.4) is 0 Å². The number of anilines is 1. The van der Waals surface area contributed by atoms with E-state index in [1.165, 1.54) is 0 Å². The molecule has 27 heavy (non-hydrogen) atoms. The Hall–Kier alpha value is -2.66. The van der Waals surface area contributed by atoms with Crippen molar-refractivity contribution in [2.24, 2.45) is 5.92 Å². The molecule has 1 amide bonds. The number of rotatable bonds is 7. The smallest absolute Gasteiger partial charge is 0.245 e. The minimum atomic E-state index is -0.248. The van der Waals surface area contributed by atoms with Crippen LogP contribution in [0, 0.1) is 12.8 Å². The molecular formula is C22H27N3OS. The number of amides is 1. The summed E-state index contributed by atoms with van der Waals surface area (Å²) in [6.07, 6.45) is 3.86. The van der Waals surface area contributed by atoms with Gasteiger partial charge in [0, 0.05) is 11.8 Å². The molecule has 2 rings (SSSR count). The molecule has 0 bridgehead atoms. The summed E-state index contributed by atoms with van der Waals surface area (Å²) in [5, 5.41) is 9.88. The van der Waals surface area contributed by atoms with Gasteiger partial charge in [0.1, 0.15) is 6.17 Å². The Bertz CT molecular complexity index is 787. The highest BCUT2D eigenvalue weighted by Crippen LogP contribution is 2.13. The predicted molar refractivity (Wildman–Crippen MR) is 117 cm³/mol. The van der Waals surface area contributed by atoms with Crippen LogP contribution in [-0.4, -0.2) is 17.2 Å². The van der Waals surface area contributed by atoms with Crippen molar-refractivity contribution < 1.29 is 4.79 Å². The molecule has 1 atom stereocenters. The molecule has 0 radical (unpaired) electrons. The van der Waals surface area contributed by atoms with Crippen molar-refractivity contribution in [1.29, 1.82) is 0 Å². The highest BCUT2D eigenvalue weighted by atomic mass is 32.1. The van der Waals surface area contributed by atoms with Gasteiger partial charge in [-0.05, 0) is 54.7 Å². The molecule has 5 heteroatoms. The molecule has 2 aromatic rings.